The van der Waals surface area contributed by atoms with E-state index in [4.69, 9.17) is 0 Å². The second kappa shape index (κ2) is 4.49. The number of aromatic nitrogens is 3. The van der Waals surface area contributed by atoms with Gasteiger partial charge >= 0.3 is 0 Å². The first-order valence-electron chi connectivity index (χ1n) is 5.91. The average molecular weight is 238 g/mol. The Morgan fingerprint density at radius 2 is 2.17 bits per heavy atom. The Bertz CT molecular complexity index is 658. The van der Waals surface area contributed by atoms with E-state index in [9.17, 15) is 0 Å². The minimum atomic E-state index is 0.722. The van der Waals surface area contributed by atoms with Gasteiger partial charge in [0.2, 0.25) is 0 Å². The number of aromatic amines is 1. The SMILES string of the molecule is Cc1nc2ccc(NCc3ccccn3)cc2[nH]1. The summed E-state index contributed by atoms with van der Waals surface area (Å²) in [6.07, 6.45) is 1.80. The number of pyridine rings is 1. The van der Waals surface area contributed by atoms with Gasteiger partial charge in [0.05, 0.1) is 23.3 Å². The highest BCUT2D eigenvalue weighted by Crippen LogP contribution is 2.17. The fourth-order valence-electron chi connectivity index (χ4n) is 1.94. The maximum atomic E-state index is 4.38. The molecule has 2 aromatic heterocycles. The molecule has 0 aliphatic heterocycles. The zero-order chi connectivity index (χ0) is 12.4. The molecule has 0 aliphatic rings. The normalized spacial score (nSPS) is 10.7. The van der Waals surface area contributed by atoms with Gasteiger partial charge < -0.3 is 10.3 Å². The average Bonchev–Trinajstić information content (AvgIpc) is 2.77. The first kappa shape index (κ1) is 10.8. The van der Waals surface area contributed by atoms with Crippen molar-refractivity contribution < 1.29 is 0 Å². The lowest BCUT2D eigenvalue weighted by Crippen LogP contribution is -2.00. The molecule has 2 N–H and O–H groups in total. The Hall–Kier alpha value is -2.36. The van der Waals surface area contributed by atoms with Crippen molar-refractivity contribution in [1.82, 2.24) is 15.0 Å². The minimum absolute atomic E-state index is 0.722. The Morgan fingerprint density at radius 1 is 1.22 bits per heavy atom. The standard InChI is InChI=1S/C14H14N4/c1-10-17-13-6-5-11(8-14(13)18-10)16-9-12-4-2-3-7-15-12/h2-8,16H,9H2,1H3,(H,17,18). The van der Waals surface area contributed by atoms with E-state index in [-0.39, 0.29) is 0 Å². The maximum Gasteiger partial charge on any atom is 0.104 e. The quantitative estimate of drug-likeness (QED) is 0.737. The van der Waals surface area contributed by atoms with Crippen LogP contribution >= 0.6 is 0 Å². The molecule has 0 bridgehead atoms. The molecule has 0 amide bonds. The molecule has 0 fully saturated rings. The lowest BCUT2D eigenvalue weighted by Gasteiger charge is -2.05. The fraction of sp³-hybridized carbons (Fsp3) is 0.143. The van der Waals surface area contributed by atoms with E-state index in [1.54, 1.807) is 6.20 Å². The number of H-pyrrole nitrogens is 1. The molecule has 4 nitrogen and oxygen atoms in total. The van der Waals surface area contributed by atoms with Crippen LogP contribution in [0.25, 0.3) is 11.0 Å². The largest absolute Gasteiger partial charge is 0.379 e. The third-order valence-electron chi connectivity index (χ3n) is 2.80. The third kappa shape index (κ3) is 2.18. The van der Waals surface area contributed by atoms with Gasteiger partial charge in [0.1, 0.15) is 5.82 Å². The summed E-state index contributed by atoms with van der Waals surface area (Å²) < 4.78 is 0. The Morgan fingerprint density at radius 3 is 3.00 bits per heavy atom. The van der Waals surface area contributed by atoms with E-state index >= 15 is 0 Å². The molecular formula is C14H14N4. The van der Waals surface area contributed by atoms with E-state index in [1.165, 1.54) is 0 Å². The molecule has 3 aromatic rings. The van der Waals surface area contributed by atoms with Crippen LogP contribution in [0.5, 0.6) is 0 Å². The van der Waals surface area contributed by atoms with Crippen molar-refractivity contribution in [2.75, 3.05) is 5.32 Å². The van der Waals surface area contributed by atoms with Crippen molar-refractivity contribution in [3.63, 3.8) is 0 Å². The van der Waals surface area contributed by atoms with Crippen LogP contribution in [0.1, 0.15) is 11.5 Å². The fourth-order valence-corrected chi connectivity index (χ4v) is 1.94. The molecule has 4 heteroatoms. The molecule has 0 aliphatic carbocycles. The molecule has 18 heavy (non-hydrogen) atoms. The topological polar surface area (TPSA) is 53.6 Å². The van der Waals surface area contributed by atoms with Crippen LogP contribution in [0.3, 0.4) is 0 Å². The number of nitrogens with zero attached hydrogens (tertiary/aromatic N) is 2. The van der Waals surface area contributed by atoms with Gasteiger partial charge in [0.25, 0.3) is 0 Å². The van der Waals surface area contributed by atoms with Crippen molar-refractivity contribution in [2.24, 2.45) is 0 Å². The molecule has 90 valence electrons. The number of nitrogens with one attached hydrogen (secondary N) is 2. The Labute approximate surface area is 105 Å². The van der Waals surface area contributed by atoms with Crippen LogP contribution in [0.4, 0.5) is 5.69 Å². The molecule has 0 radical (unpaired) electrons. The van der Waals surface area contributed by atoms with Gasteiger partial charge in [-0.3, -0.25) is 4.98 Å². The van der Waals surface area contributed by atoms with Crippen molar-refractivity contribution in [1.29, 1.82) is 0 Å². The summed E-state index contributed by atoms with van der Waals surface area (Å²) in [6, 6.07) is 12.0. The van der Waals surface area contributed by atoms with E-state index < -0.39 is 0 Å². The summed E-state index contributed by atoms with van der Waals surface area (Å²) in [7, 11) is 0. The van der Waals surface area contributed by atoms with Gasteiger partial charge in [0.15, 0.2) is 0 Å². The van der Waals surface area contributed by atoms with Crippen LogP contribution in [0.2, 0.25) is 0 Å². The number of rotatable bonds is 3. The van der Waals surface area contributed by atoms with Gasteiger partial charge in [-0.05, 0) is 37.3 Å². The van der Waals surface area contributed by atoms with Crippen LogP contribution < -0.4 is 5.32 Å². The van der Waals surface area contributed by atoms with Gasteiger partial charge in [-0.2, -0.15) is 0 Å². The summed E-state index contributed by atoms with van der Waals surface area (Å²) in [5.74, 6) is 0.937. The highest BCUT2D eigenvalue weighted by Gasteiger charge is 2.00. The van der Waals surface area contributed by atoms with Crippen LogP contribution in [0.15, 0.2) is 42.6 Å². The minimum Gasteiger partial charge on any atom is -0.379 e. The number of hydrogen-bond acceptors (Lipinski definition) is 3. The molecule has 0 atom stereocenters. The summed E-state index contributed by atoms with van der Waals surface area (Å²) in [4.78, 5) is 11.9. The number of hydrogen-bond donors (Lipinski definition) is 2. The number of benzene rings is 1. The van der Waals surface area contributed by atoms with E-state index in [2.05, 4.69) is 26.3 Å². The van der Waals surface area contributed by atoms with Crippen molar-refractivity contribution in [3.8, 4) is 0 Å². The predicted molar refractivity (Wildman–Crippen MR) is 72.4 cm³/mol. The zero-order valence-corrected chi connectivity index (χ0v) is 10.1. The van der Waals surface area contributed by atoms with Gasteiger partial charge in [0, 0.05) is 11.9 Å². The Balaban J connectivity index is 1.78. The number of imidazole rings is 1. The lowest BCUT2D eigenvalue weighted by molar-refractivity contribution is 1.05. The van der Waals surface area contributed by atoms with E-state index in [1.807, 2.05) is 37.3 Å². The molecule has 2 heterocycles. The number of fused-ring (bicyclic) bond motifs is 1. The molecule has 1 aromatic carbocycles. The predicted octanol–water partition coefficient (Wildman–Crippen LogP) is 2.88. The van der Waals surface area contributed by atoms with Crippen molar-refractivity contribution in [2.45, 2.75) is 13.5 Å². The summed E-state index contributed by atoms with van der Waals surface area (Å²) in [6.45, 7) is 2.68. The second-order valence-corrected chi connectivity index (χ2v) is 4.23. The van der Waals surface area contributed by atoms with E-state index in [0.717, 1.165) is 34.8 Å². The monoisotopic (exact) mass is 238 g/mol. The molecular weight excluding hydrogens is 224 g/mol. The van der Waals surface area contributed by atoms with Gasteiger partial charge in [-0.25, -0.2) is 4.98 Å². The van der Waals surface area contributed by atoms with Crippen LogP contribution in [0, 0.1) is 6.92 Å². The molecule has 0 saturated carbocycles. The molecule has 0 saturated heterocycles. The summed E-state index contributed by atoms with van der Waals surface area (Å²) >= 11 is 0. The first-order chi connectivity index (χ1) is 8.81. The highest BCUT2D eigenvalue weighted by atomic mass is 14.9. The second-order valence-electron chi connectivity index (χ2n) is 4.23. The molecule has 0 spiro atoms. The van der Waals surface area contributed by atoms with Crippen molar-refractivity contribution >= 4 is 16.7 Å². The maximum absolute atomic E-state index is 4.38. The van der Waals surface area contributed by atoms with Crippen LogP contribution in [-0.2, 0) is 6.54 Å². The first-order valence-corrected chi connectivity index (χ1v) is 5.91. The summed E-state index contributed by atoms with van der Waals surface area (Å²) in [5, 5.41) is 3.35. The van der Waals surface area contributed by atoms with Crippen LogP contribution in [-0.4, -0.2) is 15.0 Å². The highest BCUT2D eigenvalue weighted by molar-refractivity contribution is 5.79. The van der Waals surface area contributed by atoms with Crippen molar-refractivity contribution in [3.05, 3.63) is 54.1 Å². The van der Waals surface area contributed by atoms with E-state index in [0.29, 0.717) is 0 Å². The Kier molecular flexibility index (Phi) is 2.68. The number of aryl methyl sites for hydroxylation is 1. The van der Waals surface area contributed by atoms with Gasteiger partial charge in [-0.15, -0.1) is 0 Å². The molecule has 0 unspecified atom stereocenters. The van der Waals surface area contributed by atoms with Gasteiger partial charge in [-0.1, -0.05) is 6.07 Å². The lowest BCUT2D eigenvalue weighted by atomic mass is 10.2. The smallest absolute Gasteiger partial charge is 0.104 e. The number of anilines is 1. The zero-order valence-electron chi connectivity index (χ0n) is 10.1. The summed E-state index contributed by atoms with van der Waals surface area (Å²) in [5.41, 5.74) is 4.14. The molecule has 3 rings (SSSR count). The third-order valence-corrected chi connectivity index (χ3v) is 2.80.